The van der Waals surface area contributed by atoms with E-state index < -0.39 is 0 Å². The minimum Gasteiger partial charge on any atom is -0.370 e. The van der Waals surface area contributed by atoms with Crippen molar-refractivity contribution in [3.63, 3.8) is 0 Å². The maximum atomic E-state index is 4.46. The third kappa shape index (κ3) is 2.34. The Bertz CT molecular complexity index is 544. The molecule has 0 aromatic carbocycles. The first kappa shape index (κ1) is 12.5. The second-order valence-electron chi connectivity index (χ2n) is 4.44. The fourth-order valence-corrected chi connectivity index (χ4v) is 1.92. The molecule has 96 valence electrons. The third-order valence-electron chi connectivity index (χ3n) is 2.81. The summed E-state index contributed by atoms with van der Waals surface area (Å²) >= 11 is 0. The number of hydrogen-bond donors (Lipinski definition) is 1. The molecule has 0 atom stereocenters. The van der Waals surface area contributed by atoms with Gasteiger partial charge in [-0.25, -0.2) is 14.6 Å². The fourth-order valence-electron chi connectivity index (χ4n) is 1.92. The highest BCUT2D eigenvalue weighted by atomic mass is 15.3. The molecule has 0 bridgehead atoms. The zero-order valence-corrected chi connectivity index (χ0v) is 11.4. The molecule has 2 aromatic rings. The smallest absolute Gasteiger partial charge is 0.162 e. The van der Waals surface area contributed by atoms with Crippen LogP contribution in [0.4, 0.5) is 5.82 Å². The molecular formula is C13H19N5. The van der Waals surface area contributed by atoms with E-state index in [1.54, 1.807) is 6.33 Å². The first-order chi connectivity index (χ1) is 8.63. The van der Waals surface area contributed by atoms with Crippen LogP contribution < -0.4 is 5.32 Å². The van der Waals surface area contributed by atoms with Crippen molar-refractivity contribution >= 4 is 5.82 Å². The van der Waals surface area contributed by atoms with Gasteiger partial charge in [-0.2, -0.15) is 5.10 Å². The average molecular weight is 245 g/mol. The summed E-state index contributed by atoms with van der Waals surface area (Å²) in [4.78, 5) is 8.62. The standard InChI is InChI=1S/C13H19N5/c1-5-6-14-12-11(4)13(16-8-15-12)18-10(3)7-9(2)17-18/h7-8H,5-6H2,1-4H3,(H,14,15,16). The van der Waals surface area contributed by atoms with Gasteiger partial charge in [-0.1, -0.05) is 6.92 Å². The summed E-state index contributed by atoms with van der Waals surface area (Å²) in [5.74, 6) is 1.73. The van der Waals surface area contributed by atoms with Gasteiger partial charge in [0.1, 0.15) is 12.1 Å². The van der Waals surface area contributed by atoms with E-state index in [4.69, 9.17) is 0 Å². The maximum absolute atomic E-state index is 4.46. The molecule has 0 radical (unpaired) electrons. The van der Waals surface area contributed by atoms with Gasteiger partial charge in [0, 0.05) is 17.8 Å². The molecule has 2 rings (SSSR count). The lowest BCUT2D eigenvalue weighted by Crippen LogP contribution is -2.10. The average Bonchev–Trinajstić information content (AvgIpc) is 2.67. The quantitative estimate of drug-likeness (QED) is 0.898. The Kier molecular flexibility index (Phi) is 3.60. The van der Waals surface area contributed by atoms with Crippen LogP contribution in [0.15, 0.2) is 12.4 Å². The van der Waals surface area contributed by atoms with Gasteiger partial charge in [0.15, 0.2) is 5.82 Å². The molecule has 0 amide bonds. The Labute approximate surface area is 107 Å². The van der Waals surface area contributed by atoms with Gasteiger partial charge in [-0.3, -0.25) is 0 Å². The second kappa shape index (κ2) is 5.16. The predicted octanol–water partition coefficient (Wildman–Crippen LogP) is 2.41. The van der Waals surface area contributed by atoms with Gasteiger partial charge < -0.3 is 5.32 Å². The molecule has 1 N–H and O–H groups in total. The molecule has 2 aromatic heterocycles. The van der Waals surface area contributed by atoms with Crippen molar-refractivity contribution in [2.75, 3.05) is 11.9 Å². The highest BCUT2D eigenvalue weighted by Crippen LogP contribution is 2.18. The summed E-state index contributed by atoms with van der Waals surface area (Å²) < 4.78 is 1.86. The van der Waals surface area contributed by atoms with Crippen LogP contribution in [0.3, 0.4) is 0 Å². The lowest BCUT2D eigenvalue weighted by molar-refractivity contribution is 0.792. The molecule has 0 saturated carbocycles. The van der Waals surface area contributed by atoms with Crippen LogP contribution in [0, 0.1) is 20.8 Å². The molecule has 0 saturated heterocycles. The van der Waals surface area contributed by atoms with Crippen molar-refractivity contribution < 1.29 is 0 Å². The Balaban J connectivity index is 2.42. The first-order valence-electron chi connectivity index (χ1n) is 6.22. The maximum Gasteiger partial charge on any atom is 0.162 e. The summed E-state index contributed by atoms with van der Waals surface area (Å²) in [6, 6.07) is 2.04. The topological polar surface area (TPSA) is 55.6 Å². The number of aromatic nitrogens is 4. The van der Waals surface area contributed by atoms with Gasteiger partial charge in [0.25, 0.3) is 0 Å². The summed E-state index contributed by atoms with van der Waals surface area (Å²) in [6.45, 7) is 9.07. The van der Waals surface area contributed by atoms with Crippen molar-refractivity contribution in [2.24, 2.45) is 0 Å². The van der Waals surface area contributed by atoms with Gasteiger partial charge in [-0.05, 0) is 33.3 Å². The molecule has 0 fully saturated rings. The fraction of sp³-hybridized carbons (Fsp3) is 0.462. The van der Waals surface area contributed by atoms with E-state index in [9.17, 15) is 0 Å². The Hall–Kier alpha value is -1.91. The van der Waals surface area contributed by atoms with Crippen LogP contribution in [-0.2, 0) is 0 Å². The molecule has 5 heteroatoms. The Morgan fingerprint density at radius 3 is 2.61 bits per heavy atom. The predicted molar refractivity (Wildman–Crippen MR) is 72.1 cm³/mol. The molecular weight excluding hydrogens is 226 g/mol. The SMILES string of the molecule is CCCNc1ncnc(-n2nc(C)cc2C)c1C. The summed E-state index contributed by atoms with van der Waals surface area (Å²) in [5, 5.41) is 7.77. The van der Waals surface area contributed by atoms with Crippen molar-refractivity contribution in [3.05, 3.63) is 29.3 Å². The molecule has 0 spiro atoms. The second-order valence-corrected chi connectivity index (χ2v) is 4.44. The minimum absolute atomic E-state index is 0.842. The largest absolute Gasteiger partial charge is 0.370 e. The monoisotopic (exact) mass is 245 g/mol. The number of aryl methyl sites for hydroxylation is 2. The zero-order valence-electron chi connectivity index (χ0n) is 11.4. The number of anilines is 1. The molecule has 0 unspecified atom stereocenters. The first-order valence-corrected chi connectivity index (χ1v) is 6.22. The van der Waals surface area contributed by atoms with Crippen LogP contribution in [0.5, 0.6) is 0 Å². The van der Waals surface area contributed by atoms with Gasteiger partial charge in [-0.15, -0.1) is 0 Å². The highest BCUT2D eigenvalue weighted by molar-refractivity contribution is 5.50. The summed E-state index contributed by atoms with van der Waals surface area (Å²) in [5.41, 5.74) is 3.10. The van der Waals surface area contributed by atoms with E-state index in [1.807, 2.05) is 31.5 Å². The molecule has 18 heavy (non-hydrogen) atoms. The van der Waals surface area contributed by atoms with Gasteiger partial charge >= 0.3 is 0 Å². The molecule has 0 aliphatic heterocycles. The van der Waals surface area contributed by atoms with E-state index in [-0.39, 0.29) is 0 Å². The van der Waals surface area contributed by atoms with Crippen LogP contribution in [0.25, 0.3) is 5.82 Å². The Morgan fingerprint density at radius 2 is 2.00 bits per heavy atom. The van der Waals surface area contributed by atoms with E-state index in [1.165, 1.54) is 0 Å². The number of rotatable bonds is 4. The highest BCUT2D eigenvalue weighted by Gasteiger charge is 2.11. The third-order valence-corrected chi connectivity index (χ3v) is 2.81. The molecule has 0 aliphatic carbocycles. The zero-order chi connectivity index (χ0) is 13.1. The molecule has 2 heterocycles. The van der Waals surface area contributed by atoms with Gasteiger partial charge in [0.05, 0.1) is 5.69 Å². The molecule has 5 nitrogen and oxygen atoms in total. The van der Waals surface area contributed by atoms with E-state index in [0.717, 1.165) is 41.6 Å². The van der Waals surface area contributed by atoms with Crippen LogP contribution in [0.1, 0.15) is 30.3 Å². The van der Waals surface area contributed by atoms with E-state index in [0.29, 0.717) is 0 Å². The van der Waals surface area contributed by atoms with Crippen LogP contribution in [0.2, 0.25) is 0 Å². The number of hydrogen-bond acceptors (Lipinski definition) is 4. The van der Waals surface area contributed by atoms with Crippen LogP contribution >= 0.6 is 0 Å². The number of nitrogens with zero attached hydrogens (tertiary/aromatic N) is 4. The van der Waals surface area contributed by atoms with Crippen molar-refractivity contribution in [3.8, 4) is 5.82 Å². The van der Waals surface area contributed by atoms with Crippen molar-refractivity contribution in [1.29, 1.82) is 0 Å². The van der Waals surface area contributed by atoms with Crippen LogP contribution in [-0.4, -0.2) is 26.3 Å². The van der Waals surface area contributed by atoms with Gasteiger partial charge in [0.2, 0.25) is 0 Å². The van der Waals surface area contributed by atoms with E-state index >= 15 is 0 Å². The Morgan fingerprint density at radius 1 is 1.22 bits per heavy atom. The lowest BCUT2D eigenvalue weighted by Gasteiger charge is -2.11. The normalized spacial score (nSPS) is 10.7. The minimum atomic E-state index is 0.842. The van der Waals surface area contributed by atoms with Crippen molar-refractivity contribution in [2.45, 2.75) is 34.1 Å². The molecule has 0 aliphatic rings. The lowest BCUT2D eigenvalue weighted by atomic mass is 10.3. The van der Waals surface area contributed by atoms with Crippen molar-refractivity contribution in [1.82, 2.24) is 19.7 Å². The van der Waals surface area contributed by atoms with E-state index in [2.05, 4.69) is 27.3 Å². The number of nitrogens with one attached hydrogen (secondary N) is 1. The summed E-state index contributed by atoms with van der Waals surface area (Å²) in [6.07, 6.45) is 2.65. The summed E-state index contributed by atoms with van der Waals surface area (Å²) in [7, 11) is 0.